The summed E-state index contributed by atoms with van der Waals surface area (Å²) < 4.78 is 8.52. The van der Waals surface area contributed by atoms with Gasteiger partial charge in [0.2, 0.25) is 0 Å². The molecule has 0 heterocycles. The quantitative estimate of drug-likeness (QED) is 0.439. The van der Waals surface area contributed by atoms with Crippen molar-refractivity contribution in [1.29, 1.82) is 0 Å². The molecule has 0 aliphatic heterocycles. The van der Waals surface area contributed by atoms with Gasteiger partial charge in [0.1, 0.15) is 0 Å². The van der Waals surface area contributed by atoms with Gasteiger partial charge in [-0.05, 0) is 0 Å². The second-order valence-electron chi connectivity index (χ2n) is 0.250. The molecule has 0 aliphatic carbocycles. The Morgan fingerprint density at radius 3 is 1.33 bits per heavy atom. The van der Waals surface area contributed by atoms with Gasteiger partial charge in [-0.2, -0.15) is 0 Å². The molecule has 0 saturated carbocycles. The molecule has 6 heavy (non-hydrogen) atoms. The van der Waals surface area contributed by atoms with Gasteiger partial charge in [0.05, 0.1) is 0 Å². The maximum absolute atomic E-state index is 8.52. The van der Waals surface area contributed by atoms with Gasteiger partial charge in [-0.15, -0.1) is 0 Å². The standard InChI is InChI=1S/Ga.La.O3Si/c;;1-4(2)3/q2*+3;-2. The Morgan fingerprint density at radius 2 is 1.33 bits per heavy atom. The summed E-state index contributed by atoms with van der Waals surface area (Å²) in [6.07, 6.45) is 0. The summed E-state index contributed by atoms with van der Waals surface area (Å²) in [5.74, 6) is 0. The van der Waals surface area contributed by atoms with Gasteiger partial charge < -0.3 is 14.1 Å². The first-order valence-corrected chi connectivity index (χ1v) is 1.84. The van der Waals surface area contributed by atoms with Crippen LogP contribution in [0.3, 0.4) is 0 Å². The third-order valence-corrected chi connectivity index (χ3v) is 0. The summed E-state index contributed by atoms with van der Waals surface area (Å²) in [6, 6.07) is 0. The molecule has 0 aromatic rings. The van der Waals surface area contributed by atoms with E-state index in [1.807, 2.05) is 0 Å². The second kappa shape index (κ2) is 9.67. The van der Waals surface area contributed by atoms with Crippen molar-refractivity contribution in [3.8, 4) is 0 Å². The Balaban J connectivity index is -0.0000000450. The van der Waals surface area contributed by atoms with Gasteiger partial charge in [0.15, 0.2) is 0 Å². The van der Waals surface area contributed by atoms with Gasteiger partial charge in [0, 0.05) is 9.17 Å². The van der Waals surface area contributed by atoms with Crippen molar-refractivity contribution in [3.63, 3.8) is 0 Å². The average molecular weight is 285 g/mol. The zero-order valence-corrected chi connectivity index (χ0v) is 9.93. The normalized spacial score (nSPS) is 4.00. The van der Waals surface area contributed by atoms with E-state index in [1.54, 1.807) is 0 Å². The smallest absolute Gasteiger partial charge is 0.672 e. The van der Waals surface area contributed by atoms with Gasteiger partial charge in [-0.25, -0.2) is 0 Å². The summed E-state index contributed by atoms with van der Waals surface area (Å²) in [7, 11) is -3.63. The van der Waals surface area contributed by atoms with Crippen molar-refractivity contribution in [2.24, 2.45) is 0 Å². The van der Waals surface area contributed by atoms with Crippen molar-refractivity contribution in [2.45, 2.75) is 0 Å². The number of rotatable bonds is 0. The minimum atomic E-state index is -3.63. The molecule has 0 unspecified atom stereocenters. The third kappa shape index (κ3) is 51.4. The van der Waals surface area contributed by atoms with E-state index in [0.717, 1.165) is 0 Å². The molecule has 0 N–H and O–H groups in total. The maximum atomic E-state index is 8.52. The molecule has 0 fully saturated rings. The predicted octanol–water partition coefficient (Wildman–Crippen LogP) is -3.26. The van der Waals surface area contributed by atoms with E-state index in [1.165, 1.54) is 0 Å². The van der Waals surface area contributed by atoms with Crippen LogP contribution < -0.4 is 9.59 Å². The molecule has 0 saturated heterocycles. The maximum Gasteiger partial charge on any atom is 3.00 e. The zero-order chi connectivity index (χ0) is 3.58. The van der Waals surface area contributed by atoms with Crippen LogP contribution in [0.1, 0.15) is 0 Å². The van der Waals surface area contributed by atoms with E-state index in [-0.39, 0.29) is 55.4 Å². The minimum absolute atomic E-state index is 0. The first kappa shape index (κ1) is 15.7. The SMILES string of the molecule is O=[Si]([O-])[O-].[Ga+3].[La+3]. The summed E-state index contributed by atoms with van der Waals surface area (Å²) in [5.41, 5.74) is 0. The topological polar surface area (TPSA) is 63.2 Å². The van der Waals surface area contributed by atoms with Crippen LogP contribution in [0, 0.1) is 35.6 Å². The molecule has 24 valence electrons. The second-order valence-corrected chi connectivity index (χ2v) is 0.750. The molecule has 0 spiro atoms. The van der Waals surface area contributed by atoms with Crippen molar-refractivity contribution < 1.29 is 49.7 Å². The molecule has 0 aromatic heterocycles. The van der Waals surface area contributed by atoms with E-state index in [2.05, 4.69) is 0 Å². The summed E-state index contributed by atoms with van der Waals surface area (Å²) in [6.45, 7) is 0. The molecule has 0 radical (unpaired) electrons. The van der Waals surface area contributed by atoms with E-state index in [4.69, 9.17) is 14.1 Å². The van der Waals surface area contributed by atoms with Crippen LogP contribution >= 0.6 is 0 Å². The summed E-state index contributed by atoms with van der Waals surface area (Å²) in [4.78, 5) is 17.0. The fourth-order valence-electron chi connectivity index (χ4n) is 0. The Bertz CT molecular complexity index is 33.8. The fraction of sp³-hybridized carbons (Fsp3) is 0. The largest absolute Gasteiger partial charge is 3.00 e. The summed E-state index contributed by atoms with van der Waals surface area (Å²) >= 11 is 0. The van der Waals surface area contributed by atoms with E-state index >= 15 is 0 Å². The third-order valence-electron chi connectivity index (χ3n) is 0. The fourth-order valence-corrected chi connectivity index (χ4v) is 0. The van der Waals surface area contributed by atoms with Gasteiger partial charge >= 0.3 is 55.4 Å². The van der Waals surface area contributed by atoms with Crippen LogP contribution in [0.2, 0.25) is 0 Å². The monoisotopic (exact) mass is 284 g/mol. The Morgan fingerprint density at radius 1 is 1.33 bits per heavy atom. The molecule has 0 amide bonds. The first-order chi connectivity index (χ1) is 1.73. The molecule has 0 rings (SSSR count). The van der Waals surface area contributed by atoms with E-state index in [9.17, 15) is 0 Å². The van der Waals surface area contributed by atoms with Gasteiger partial charge in [0.25, 0.3) is 0 Å². The molecule has 0 aliphatic rings. The molecule has 0 bridgehead atoms. The van der Waals surface area contributed by atoms with E-state index in [0.29, 0.717) is 0 Å². The Labute approximate surface area is 77.7 Å². The predicted molar refractivity (Wildman–Crippen MR) is 12.2 cm³/mol. The van der Waals surface area contributed by atoms with Crippen molar-refractivity contribution in [2.75, 3.05) is 0 Å². The summed E-state index contributed by atoms with van der Waals surface area (Å²) in [5, 5.41) is 0. The molecule has 3 nitrogen and oxygen atoms in total. The molecular weight excluding hydrogens is 285 g/mol. The average Bonchev–Trinajstić information content (AvgIpc) is 0.811. The molecule has 0 aromatic carbocycles. The van der Waals surface area contributed by atoms with E-state index < -0.39 is 9.17 Å². The Hall–Kier alpha value is 1.45. The van der Waals surface area contributed by atoms with Gasteiger partial charge in [-0.3, -0.25) is 0 Å². The van der Waals surface area contributed by atoms with Crippen molar-refractivity contribution >= 4 is 29.0 Å². The first-order valence-electron chi connectivity index (χ1n) is 0.612. The van der Waals surface area contributed by atoms with Crippen LogP contribution in [0.5, 0.6) is 0 Å². The van der Waals surface area contributed by atoms with Crippen LogP contribution in [-0.2, 0) is 4.46 Å². The van der Waals surface area contributed by atoms with Crippen LogP contribution in [-0.4, -0.2) is 29.0 Å². The molecule has 0 atom stereocenters. The van der Waals surface area contributed by atoms with Crippen molar-refractivity contribution in [1.82, 2.24) is 0 Å². The number of hydrogen-bond donors (Lipinski definition) is 0. The zero-order valence-electron chi connectivity index (χ0n) is 2.88. The molecule has 6 heteroatoms. The molecular formula is GaLaO3Si+4. The van der Waals surface area contributed by atoms with Gasteiger partial charge in [-0.1, -0.05) is 0 Å². The van der Waals surface area contributed by atoms with Crippen LogP contribution in [0.4, 0.5) is 0 Å². The van der Waals surface area contributed by atoms with Crippen molar-refractivity contribution in [3.05, 3.63) is 0 Å². The minimum Gasteiger partial charge on any atom is -0.672 e. The van der Waals surface area contributed by atoms with Crippen LogP contribution in [0.25, 0.3) is 0 Å². The van der Waals surface area contributed by atoms with Crippen LogP contribution in [0.15, 0.2) is 0 Å². The Kier molecular flexibility index (Phi) is 25.2. The number of hydrogen-bond acceptors (Lipinski definition) is 3.